The molecule has 1 aromatic carbocycles. The number of nitrogen functional groups attached to an aromatic ring is 1. The predicted octanol–water partition coefficient (Wildman–Crippen LogP) is 1.85. The number of nitrogens with two attached hydrogens (primary N) is 2. The molecule has 22 heavy (non-hydrogen) atoms. The molecule has 1 unspecified atom stereocenters. The van der Waals surface area contributed by atoms with Gasteiger partial charge in [0, 0.05) is 18.2 Å². The Balaban J connectivity index is 2.69. The largest absolute Gasteiger partial charge is 0.399 e. The van der Waals surface area contributed by atoms with E-state index in [1.165, 1.54) is 13.0 Å². The maximum absolute atomic E-state index is 14.4. The molecule has 4 N–H and O–H groups in total. The van der Waals surface area contributed by atoms with Gasteiger partial charge in [0.15, 0.2) is 5.54 Å². The predicted molar refractivity (Wildman–Crippen MR) is 80.1 cm³/mol. The fourth-order valence-electron chi connectivity index (χ4n) is 2.40. The van der Waals surface area contributed by atoms with Crippen molar-refractivity contribution in [1.29, 1.82) is 0 Å². The van der Waals surface area contributed by atoms with E-state index < -0.39 is 35.8 Å². The number of rotatable bonds is 2. The van der Waals surface area contributed by atoms with E-state index in [2.05, 4.69) is 20.9 Å². The van der Waals surface area contributed by atoms with Gasteiger partial charge in [-0.15, -0.1) is 0 Å². The van der Waals surface area contributed by atoms with Crippen LogP contribution < -0.4 is 11.5 Å². The minimum atomic E-state index is -3.07. The summed E-state index contributed by atoms with van der Waals surface area (Å²) in [5, 5.41) is 0. The average Bonchev–Trinajstić information content (AvgIpc) is 2.41. The topological polar surface area (TPSA) is 84.7 Å². The first kappa shape index (κ1) is 16.6. The van der Waals surface area contributed by atoms with Crippen LogP contribution in [-0.4, -0.2) is 36.2 Å². The van der Waals surface area contributed by atoms with E-state index in [4.69, 9.17) is 11.5 Å². The van der Waals surface area contributed by atoms with Crippen molar-refractivity contribution in [2.24, 2.45) is 10.7 Å². The number of halogens is 4. The Kier molecular flexibility index (Phi) is 4.37. The van der Waals surface area contributed by atoms with Crippen molar-refractivity contribution in [3.8, 4) is 0 Å². The first-order chi connectivity index (χ1) is 10.2. The molecule has 1 aromatic rings. The quantitative estimate of drug-likeness (QED) is 0.770. The minimum Gasteiger partial charge on any atom is -0.399 e. The van der Waals surface area contributed by atoms with Crippen LogP contribution in [0.25, 0.3) is 0 Å². The number of hydrogen-bond donors (Lipinski definition) is 2. The lowest BCUT2D eigenvalue weighted by Gasteiger charge is -2.39. The van der Waals surface area contributed by atoms with Crippen LogP contribution in [0.3, 0.4) is 0 Å². The zero-order valence-corrected chi connectivity index (χ0v) is 13.2. The van der Waals surface area contributed by atoms with Gasteiger partial charge >= 0.3 is 0 Å². The van der Waals surface area contributed by atoms with Gasteiger partial charge in [-0.25, -0.2) is 13.2 Å². The maximum atomic E-state index is 14.4. The number of benzene rings is 1. The Morgan fingerprint density at radius 2 is 2.09 bits per heavy atom. The van der Waals surface area contributed by atoms with E-state index in [1.807, 2.05) is 0 Å². The fourth-order valence-corrected chi connectivity index (χ4v) is 2.88. The summed E-state index contributed by atoms with van der Waals surface area (Å²) in [5.41, 5.74) is 8.63. The minimum absolute atomic E-state index is 0.0590. The second kappa shape index (κ2) is 5.79. The van der Waals surface area contributed by atoms with Gasteiger partial charge in [0.1, 0.15) is 11.7 Å². The van der Waals surface area contributed by atoms with Gasteiger partial charge in [0.25, 0.3) is 6.43 Å². The number of carbonyl (C=O) groups excluding carboxylic acids is 1. The summed E-state index contributed by atoms with van der Waals surface area (Å²) >= 11 is 2.94. The van der Waals surface area contributed by atoms with Crippen molar-refractivity contribution >= 4 is 33.4 Å². The lowest BCUT2D eigenvalue weighted by Crippen LogP contribution is -2.54. The van der Waals surface area contributed by atoms with Crippen LogP contribution in [0, 0.1) is 5.82 Å². The summed E-state index contributed by atoms with van der Waals surface area (Å²) in [5.74, 6) is -1.53. The van der Waals surface area contributed by atoms with Crippen LogP contribution in [0.1, 0.15) is 12.5 Å². The SMILES string of the molecule is CC(=O)N1CC(N)=NC(c2cc(N)cc(Br)c2F)(C(F)F)C1. The molecule has 1 aliphatic rings. The van der Waals surface area contributed by atoms with Crippen LogP contribution in [0.5, 0.6) is 0 Å². The first-order valence-electron chi connectivity index (χ1n) is 6.30. The van der Waals surface area contributed by atoms with Crippen LogP contribution in [0.15, 0.2) is 21.6 Å². The third-order valence-corrected chi connectivity index (χ3v) is 4.03. The van der Waals surface area contributed by atoms with Crippen molar-refractivity contribution < 1.29 is 18.0 Å². The molecule has 1 heterocycles. The molecule has 0 aliphatic carbocycles. The molecular formula is C13H14BrF3N4O. The molecule has 5 nitrogen and oxygen atoms in total. The van der Waals surface area contributed by atoms with Gasteiger partial charge in [-0.05, 0) is 28.1 Å². The van der Waals surface area contributed by atoms with Gasteiger partial charge in [-0.2, -0.15) is 0 Å². The summed E-state index contributed by atoms with van der Waals surface area (Å²) in [6.07, 6.45) is -3.07. The summed E-state index contributed by atoms with van der Waals surface area (Å²) < 4.78 is 41.9. The third kappa shape index (κ3) is 2.77. The van der Waals surface area contributed by atoms with Crippen molar-refractivity contribution in [3.63, 3.8) is 0 Å². The number of hydrogen-bond acceptors (Lipinski definition) is 4. The molecule has 2 rings (SSSR count). The zero-order chi connectivity index (χ0) is 16.7. The number of alkyl halides is 2. The molecule has 1 atom stereocenters. The molecule has 0 spiro atoms. The average molecular weight is 379 g/mol. The summed E-state index contributed by atoms with van der Waals surface area (Å²) in [4.78, 5) is 16.4. The Bertz CT molecular complexity index is 652. The van der Waals surface area contributed by atoms with Crippen LogP contribution >= 0.6 is 15.9 Å². The van der Waals surface area contributed by atoms with Gasteiger partial charge in [0.2, 0.25) is 5.91 Å². The highest BCUT2D eigenvalue weighted by atomic mass is 79.9. The highest BCUT2D eigenvalue weighted by Gasteiger charge is 2.48. The number of amidine groups is 1. The van der Waals surface area contributed by atoms with E-state index in [0.717, 1.165) is 11.0 Å². The molecule has 9 heteroatoms. The fraction of sp³-hybridized carbons (Fsp3) is 0.385. The van der Waals surface area contributed by atoms with Gasteiger partial charge < -0.3 is 16.4 Å². The van der Waals surface area contributed by atoms with Gasteiger partial charge in [-0.1, -0.05) is 0 Å². The summed E-state index contributed by atoms with van der Waals surface area (Å²) in [7, 11) is 0. The van der Waals surface area contributed by atoms with Crippen LogP contribution in [0.2, 0.25) is 0 Å². The van der Waals surface area contributed by atoms with Crippen LogP contribution in [-0.2, 0) is 10.3 Å². The van der Waals surface area contributed by atoms with Crippen molar-refractivity contribution in [1.82, 2.24) is 4.90 Å². The Morgan fingerprint density at radius 1 is 1.45 bits per heavy atom. The molecule has 1 amide bonds. The van der Waals surface area contributed by atoms with Crippen molar-refractivity contribution in [2.75, 3.05) is 18.8 Å². The van der Waals surface area contributed by atoms with E-state index in [1.54, 1.807) is 0 Å². The normalized spacial score (nSPS) is 21.9. The molecule has 0 fully saturated rings. The van der Waals surface area contributed by atoms with E-state index in [0.29, 0.717) is 0 Å². The number of carbonyl (C=O) groups is 1. The molecule has 0 saturated heterocycles. The van der Waals surface area contributed by atoms with Crippen molar-refractivity contribution in [2.45, 2.75) is 18.9 Å². The second-order valence-electron chi connectivity index (χ2n) is 5.07. The molecule has 0 aromatic heterocycles. The molecule has 120 valence electrons. The Labute approximate surface area is 133 Å². The summed E-state index contributed by atoms with van der Waals surface area (Å²) in [6, 6.07) is 2.35. The highest BCUT2D eigenvalue weighted by molar-refractivity contribution is 9.10. The van der Waals surface area contributed by atoms with E-state index in [-0.39, 0.29) is 22.5 Å². The smallest absolute Gasteiger partial charge is 0.269 e. The zero-order valence-electron chi connectivity index (χ0n) is 11.6. The Morgan fingerprint density at radius 3 is 2.64 bits per heavy atom. The standard InChI is InChI=1S/C13H14BrF3N4O/c1-6(22)21-4-10(19)20-13(5-21,12(16)17)8-2-7(18)3-9(14)11(8)15/h2-3,12H,4-5,18H2,1H3,(H2,19,20). The lowest BCUT2D eigenvalue weighted by atomic mass is 9.88. The molecule has 0 radical (unpaired) electrons. The second-order valence-corrected chi connectivity index (χ2v) is 5.92. The van der Waals surface area contributed by atoms with Crippen molar-refractivity contribution in [3.05, 3.63) is 28.0 Å². The number of aliphatic imine (C=N–C) groups is 1. The molecule has 1 aliphatic heterocycles. The monoisotopic (exact) mass is 378 g/mol. The number of anilines is 1. The van der Waals surface area contributed by atoms with Gasteiger partial charge in [0.05, 0.1) is 17.6 Å². The van der Waals surface area contributed by atoms with Gasteiger partial charge in [-0.3, -0.25) is 9.79 Å². The molecular weight excluding hydrogens is 365 g/mol. The third-order valence-electron chi connectivity index (χ3n) is 3.45. The lowest BCUT2D eigenvalue weighted by molar-refractivity contribution is -0.130. The Hall–Kier alpha value is -1.77. The first-order valence-corrected chi connectivity index (χ1v) is 7.09. The molecule has 0 saturated carbocycles. The summed E-state index contributed by atoms with van der Waals surface area (Å²) in [6.45, 7) is 0.670. The molecule has 0 bridgehead atoms. The van der Waals surface area contributed by atoms with E-state index in [9.17, 15) is 18.0 Å². The van der Waals surface area contributed by atoms with Crippen LogP contribution in [0.4, 0.5) is 18.9 Å². The van der Waals surface area contributed by atoms with E-state index >= 15 is 0 Å². The highest BCUT2D eigenvalue weighted by Crippen LogP contribution is 2.40. The number of nitrogens with zero attached hydrogens (tertiary/aromatic N) is 2. The number of amides is 1. The maximum Gasteiger partial charge on any atom is 0.269 e.